The van der Waals surface area contributed by atoms with E-state index in [-0.39, 0.29) is 24.3 Å². The van der Waals surface area contributed by atoms with Gasteiger partial charge in [0.2, 0.25) is 15.9 Å². The van der Waals surface area contributed by atoms with Gasteiger partial charge in [0.25, 0.3) is 0 Å². The van der Waals surface area contributed by atoms with Gasteiger partial charge >= 0.3 is 5.97 Å². The molecule has 1 aliphatic rings. The van der Waals surface area contributed by atoms with E-state index in [1.807, 2.05) is 12.1 Å². The van der Waals surface area contributed by atoms with E-state index in [2.05, 4.69) is 11.4 Å². The summed E-state index contributed by atoms with van der Waals surface area (Å²) in [5.74, 6) is -1.95. The fourth-order valence-electron chi connectivity index (χ4n) is 4.42. The van der Waals surface area contributed by atoms with Crippen molar-refractivity contribution in [3.8, 4) is 17.2 Å². The summed E-state index contributed by atoms with van der Waals surface area (Å²) in [7, 11) is -4.00. The topological polar surface area (TPSA) is 154 Å². The van der Waals surface area contributed by atoms with Gasteiger partial charge in [-0.25, -0.2) is 13.2 Å². The van der Waals surface area contributed by atoms with Crippen LogP contribution in [-0.2, 0) is 26.0 Å². The number of sulfonamides is 1. The van der Waals surface area contributed by atoms with Crippen molar-refractivity contribution in [2.75, 3.05) is 6.54 Å². The van der Waals surface area contributed by atoms with E-state index in [0.717, 1.165) is 15.4 Å². The number of aliphatic carboxylic acids is 1. The molecule has 190 valence electrons. The number of carboxylic acids is 1. The Morgan fingerprint density at radius 1 is 1.05 bits per heavy atom. The zero-order chi connectivity index (χ0) is 26.6. The third-order valence-corrected chi connectivity index (χ3v) is 8.20. The number of nitrogens with two attached hydrogens (primary N) is 1. The Hall–Kier alpha value is -4.04. The van der Waals surface area contributed by atoms with Crippen molar-refractivity contribution in [2.24, 2.45) is 5.73 Å². The summed E-state index contributed by atoms with van der Waals surface area (Å²) in [4.78, 5) is 25.1. The molecule has 1 saturated heterocycles. The largest absolute Gasteiger partial charge is 0.480 e. The summed E-state index contributed by atoms with van der Waals surface area (Å²) in [5.41, 5.74) is 8.75. The quantitative estimate of drug-likeness (QED) is 0.413. The SMILES string of the molecule is N#Cc1ccccc1-c1ccc(CC(NC(=O)C2C[C@H](N)CN2S(=O)(=O)c2ccccc2)C(=O)O)cc1. The molecule has 0 radical (unpaired) electrons. The van der Waals surface area contributed by atoms with Crippen molar-refractivity contribution in [3.05, 3.63) is 90.0 Å². The average Bonchev–Trinajstić information content (AvgIpc) is 3.32. The van der Waals surface area contributed by atoms with Crippen molar-refractivity contribution in [1.82, 2.24) is 9.62 Å². The van der Waals surface area contributed by atoms with Gasteiger partial charge in [0.05, 0.1) is 16.5 Å². The molecule has 1 amide bonds. The Bertz CT molecular complexity index is 1440. The lowest BCUT2D eigenvalue weighted by molar-refractivity contribution is -0.142. The first kappa shape index (κ1) is 26.0. The van der Waals surface area contributed by atoms with Gasteiger partial charge in [0, 0.05) is 19.0 Å². The van der Waals surface area contributed by atoms with E-state index in [1.54, 1.807) is 54.6 Å². The maximum Gasteiger partial charge on any atom is 0.326 e. The molecule has 0 saturated carbocycles. The second-order valence-corrected chi connectivity index (χ2v) is 10.7. The number of hydrogen-bond donors (Lipinski definition) is 3. The van der Waals surface area contributed by atoms with Gasteiger partial charge < -0.3 is 16.2 Å². The van der Waals surface area contributed by atoms with Gasteiger partial charge in [-0.1, -0.05) is 60.7 Å². The van der Waals surface area contributed by atoms with E-state index in [4.69, 9.17) is 5.73 Å². The van der Waals surface area contributed by atoms with E-state index >= 15 is 0 Å². The van der Waals surface area contributed by atoms with Crippen molar-refractivity contribution in [1.29, 1.82) is 5.26 Å². The van der Waals surface area contributed by atoms with Gasteiger partial charge in [-0.15, -0.1) is 0 Å². The number of carboxylic acid groups (broad SMARTS) is 1. The van der Waals surface area contributed by atoms with Crippen LogP contribution in [0.15, 0.2) is 83.8 Å². The standard InChI is InChI=1S/C27H26N4O5S/c28-16-20-6-4-5-9-23(20)19-12-10-18(11-13-19)14-24(27(33)34)30-26(32)25-15-21(29)17-31(25)37(35,36)22-7-2-1-3-8-22/h1-13,21,24-25H,14-15,17,29H2,(H,30,32)(H,33,34)/t21-,24?,25?/m0/s1. The van der Waals surface area contributed by atoms with Crippen LogP contribution in [0.25, 0.3) is 11.1 Å². The smallest absolute Gasteiger partial charge is 0.326 e. The van der Waals surface area contributed by atoms with Crippen LogP contribution in [-0.4, -0.2) is 54.4 Å². The van der Waals surface area contributed by atoms with E-state index < -0.39 is 40.0 Å². The first-order chi connectivity index (χ1) is 17.7. The van der Waals surface area contributed by atoms with Gasteiger partial charge in [-0.05, 0) is 41.3 Å². The predicted molar refractivity (Wildman–Crippen MR) is 137 cm³/mol. The van der Waals surface area contributed by atoms with Crippen LogP contribution in [0.1, 0.15) is 17.5 Å². The highest BCUT2D eigenvalue weighted by Crippen LogP contribution is 2.27. The number of carbonyl (C=O) groups is 2. The molecule has 2 unspecified atom stereocenters. The molecule has 0 aliphatic carbocycles. The first-order valence-corrected chi connectivity index (χ1v) is 13.1. The second-order valence-electron chi connectivity index (χ2n) is 8.86. The highest BCUT2D eigenvalue weighted by Gasteiger charge is 2.43. The highest BCUT2D eigenvalue weighted by atomic mass is 32.2. The molecule has 0 bridgehead atoms. The predicted octanol–water partition coefficient (Wildman–Crippen LogP) is 2.13. The van der Waals surface area contributed by atoms with Crippen LogP contribution in [0.4, 0.5) is 0 Å². The number of nitrogens with zero attached hydrogens (tertiary/aromatic N) is 2. The van der Waals surface area contributed by atoms with Gasteiger partial charge in [-0.3, -0.25) is 4.79 Å². The van der Waals surface area contributed by atoms with Crippen molar-refractivity contribution < 1.29 is 23.1 Å². The molecule has 10 heteroatoms. The summed E-state index contributed by atoms with van der Waals surface area (Å²) < 4.78 is 27.4. The Labute approximate surface area is 215 Å². The van der Waals surface area contributed by atoms with Gasteiger partial charge in [0.15, 0.2) is 0 Å². The number of carbonyl (C=O) groups excluding carboxylic acids is 1. The summed E-state index contributed by atoms with van der Waals surface area (Å²) in [6.45, 7) is -0.0430. The van der Waals surface area contributed by atoms with E-state index in [1.165, 1.54) is 12.1 Å². The first-order valence-electron chi connectivity index (χ1n) is 11.6. The molecular formula is C27H26N4O5S. The molecule has 1 aliphatic heterocycles. The molecule has 1 fully saturated rings. The van der Waals surface area contributed by atoms with Crippen LogP contribution in [0.5, 0.6) is 0 Å². The fourth-order valence-corrected chi connectivity index (χ4v) is 6.10. The monoisotopic (exact) mass is 518 g/mol. The third-order valence-electron chi connectivity index (χ3n) is 6.31. The van der Waals surface area contributed by atoms with Crippen LogP contribution >= 0.6 is 0 Å². The summed E-state index contributed by atoms with van der Waals surface area (Å²) in [5, 5.41) is 21.6. The number of rotatable bonds is 8. The van der Waals surface area contributed by atoms with E-state index in [9.17, 15) is 28.4 Å². The number of benzene rings is 3. The molecule has 3 aromatic rings. The highest BCUT2D eigenvalue weighted by molar-refractivity contribution is 7.89. The number of hydrogen-bond acceptors (Lipinski definition) is 6. The minimum atomic E-state index is -4.00. The fraction of sp³-hybridized carbons (Fsp3) is 0.222. The zero-order valence-corrected chi connectivity index (χ0v) is 20.6. The minimum Gasteiger partial charge on any atom is -0.480 e. The van der Waals surface area contributed by atoms with Crippen LogP contribution in [0.2, 0.25) is 0 Å². The molecule has 9 nitrogen and oxygen atoms in total. The van der Waals surface area contributed by atoms with Gasteiger partial charge in [0.1, 0.15) is 12.1 Å². The summed E-state index contributed by atoms with van der Waals surface area (Å²) in [6, 6.07) is 21.1. The Balaban J connectivity index is 1.50. The number of amides is 1. The van der Waals surface area contributed by atoms with E-state index in [0.29, 0.717) is 11.1 Å². The van der Waals surface area contributed by atoms with Crippen molar-refractivity contribution in [2.45, 2.75) is 35.9 Å². The molecule has 3 atom stereocenters. The molecular weight excluding hydrogens is 492 g/mol. The second kappa shape index (κ2) is 10.9. The third kappa shape index (κ3) is 5.70. The Kier molecular flexibility index (Phi) is 7.69. The molecule has 4 rings (SSSR count). The number of nitrogens with one attached hydrogen (secondary N) is 1. The Morgan fingerprint density at radius 3 is 2.35 bits per heavy atom. The van der Waals surface area contributed by atoms with Crippen LogP contribution in [0.3, 0.4) is 0 Å². The van der Waals surface area contributed by atoms with Crippen LogP contribution < -0.4 is 11.1 Å². The molecule has 0 spiro atoms. The molecule has 4 N–H and O–H groups in total. The van der Waals surface area contributed by atoms with Gasteiger partial charge in [-0.2, -0.15) is 9.57 Å². The van der Waals surface area contributed by atoms with Crippen molar-refractivity contribution >= 4 is 21.9 Å². The average molecular weight is 519 g/mol. The summed E-state index contributed by atoms with van der Waals surface area (Å²) in [6.07, 6.45) is 0.0721. The number of nitriles is 1. The lowest BCUT2D eigenvalue weighted by atomic mass is 9.97. The minimum absolute atomic E-state index is 0.00847. The van der Waals surface area contributed by atoms with Crippen molar-refractivity contribution in [3.63, 3.8) is 0 Å². The summed E-state index contributed by atoms with van der Waals surface area (Å²) >= 11 is 0. The molecule has 0 aromatic heterocycles. The maximum absolute atomic E-state index is 13.2. The molecule has 3 aromatic carbocycles. The van der Waals surface area contributed by atoms with Crippen LogP contribution in [0, 0.1) is 11.3 Å². The lowest BCUT2D eigenvalue weighted by Crippen LogP contribution is -2.51. The Morgan fingerprint density at radius 2 is 1.70 bits per heavy atom. The molecule has 37 heavy (non-hydrogen) atoms. The molecule has 1 heterocycles. The normalized spacial score (nSPS) is 18.6. The maximum atomic E-state index is 13.2. The lowest BCUT2D eigenvalue weighted by Gasteiger charge is -2.25. The zero-order valence-electron chi connectivity index (χ0n) is 19.8.